The number of nitrogens with two attached hydrogens (primary N) is 1. The van der Waals surface area contributed by atoms with Gasteiger partial charge >= 0.3 is 6.09 Å². The van der Waals surface area contributed by atoms with Crippen molar-refractivity contribution >= 4 is 11.9 Å². The Morgan fingerprint density at radius 3 is 2.74 bits per heavy atom. The second-order valence-electron chi connectivity index (χ2n) is 8.94. The minimum Gasteiger partial charge on any atom is -0.445 e. The lowest BCUT2D eigenvalue weighted by atomic mass is 9.44. The molecule has 1 fully saturated rings. The first-order chi connectivity index (χ1) is 12.5. The van der Waals surface area contributed by atoms with E-state index >= 15 is 0 Å². The van der Waals surface area contributed by atoms with Crippen molar-refractivity contribution in [2.45, 2.75) is 53.1 Å². The minimum atomic E-state index is -1.09. The van der Waals surface area contributed by atoms with Crippen molar-refractivity contribution in [2.24, 2.45) is 34.8 Å². The van der Waals surface area contributed by atoms with Gasteiger partial charge in [-0.25, -0.2) is 4.79 Å². The molecule has 0 heterocycles. The predicted octanol–water partition coefficient (Wildman–Crippen LogP) is 3.53. The highest BCUT2D eigenvalue weighted by molar-refractivity contribution is 6.02. The third-order valence-electron chi connectivity index (χ3n) is 6.98. The number of amides is 1. The van der Waals surface area contributed by atoms with E-state index in [1.54, 1.807) is 6.08 Å². The standard InChI is InChI=1S/C22H31NO4/c1-6-13(3)17-14(4)8-15-7-12(2)9-22(26)10-16(11-27-20(23)25)19(24)21(17,5)18(15)22/h6,8,10,12,15,17-18,26H,7,9,11H2,1-5H3,(H2,23,25)/b13-6+. The Bertz CT molecular complexity index is 764. The Kier molecular flexibility index (Phi) is 4.87. The molecule has 3 aliphatic rings. The molecule has 0 bridgehead atoms. The Hall–Kier alpha value is -1.88. The number of hydrogen-bond donors (Lipinski definition) is 2. The predicted molar refractivity (Wildman–Crippen MR) is 104 cm³/mol. The van der Waals surface area contributed by atoms with Crippen LogP contribution < -0.4 is 5.73 Å². The zero-order valence-corrected chi connectivity index (χ0v) is 16.9. The molecule has 0 spiro atoms. The Balaban J connectivity index is 2.20. The Morgan fingerprint density at radius 2 is 2.15 bits per heavy atom. The molecule has 0 aromatic carbocycles. The number of aliphatic hydroxyl groups is 1. The number of allylic oxidation sites excluding steroid dienone is 4. The number of carbonyl (C=O) groups is 2. The molecular weight excluding hydrogens is 342 g/mol. The molecule has 0 radical (unpaired) electrons. The summed E-state index contributed by atoms with van der Waals surface area (Å²) in [5.74, 6) is 0.190. The second-order valence-corrected chi connectivity index (χ2v) is 8.94. The highest BCUT2D eigenvalue weighted by atomic mass is 16.5. The first kappa shape index (κ1) is 19.9. The molecule has 3 rings (SSSR count). The van der Waals surface area contributed by atoms with E-state index in [0.29, 0.717) is 17.9 Å². The van der Waals surface area contributed by atoms with Gasteiger partial charge < -0.3 is 15.6 Å². The number of carbonyl (C=O) groups excluding carboxylic acids is 2. The first-order valence-corrected chi connectivity index (χ1v) is 9.76. The summed E-state index contributed by atoms with van der Waals surface area (Å²) in [6, 6.07) is 0. The SMILES string of the molecule is C/C=C(\C)C1C(C)=CC2CC(C)CC3(O)C=C(COC(N)=O)C(=O)C1(C)C23. The van der Waals surface area contributed by atoms with Crippen LogP contribution in [0.2, 0.25) is 0 Å². The van der Waals surface area contributed by atoms with Crippen molar-refractivity contribution in [3.05, 3.63) is 34.9 Å². The summed E-state index contributed by atoms with van der Waals surface area (Å²) in [6.07, 6.45) is 6.63. The Morgan fingerprint density at radius 1 is 1.48 bits per heavy atom. The summed E-state index contributed by atoms with van der Waals surface area (Å²) < 4.78 is 4.94. The van der Waals surface area contributed by atoms with Crippen LogP contribution in [0.25, 0.3) is 0 Å². The molecule has 6 atom stereocenters. The number of hydrogen-bond acceptors (Lipinski definition) is 4. The van der Waals surface area contributed by atoms with Crippen molar-refractivity contribution in [1.82, 2.24) is 0 Å². The zero-order valence-electron chi connectivity index (χ0n) is 16.9. The third-order valence-corrected chi connectivity index (χ3v) is 6.98. The molecule has 5 heteroatoms. The van der Waals surface area contributed by atoms with Gasteiger partial charge in [0.15, 0.2) is 5.78 Å². The van der Waals surface area contributed by atoms with E-state index in [1.165, 1.54) is 5.57 Å². The third kappa shape index (κ3) is 2.96. The maximum absolute atomic E-state index is 13.7. The molecule has 3 N–H and O–H groups in total. The molecule has 0 aromatic heterocycles. The zero-order chi connectivity index (χ0) is 20.1. The average Bonchev–Trinajstić information content (AvgIpc) is 2.55. The normalized spacial score (nSPS) is 41.4. The van der Waals surface area contributed by atoms with Crippen molar-refractivity contribution in [3.8, 4) is 0 Å². The summed E-state index contributed by atoms with van der Waals surface area (Å²) in [5.41, 5.74) is 5.90. The molecule has 6 unspecified atom stereocenters. The Labute approximate surface area is 161 Å². The van der Waals surface area contributed by atoms with E-state index in [-0.39, 0.29) is 30.1 Å². The fourth-order valence-electron chi connectivity index (χ4n) is 6.34. The smallest absolute Gasteiger partial charge is 0.404 e. The molecule has 1 saturated carbocycles. The van der Waals surface area contributed by atoms with E-state index in [4.69, 9.17) is 10.5 Å². The summed E-state index contributed by atoms with van der Waals surface area (Å²) in [4.78, 5) is 24.8. The van der Waals surface area contributed by atoms with Crippen LogP contribution in [0.4, 0.5) is 4.79 Å². The molecule has 27 heavy (non-hydrogen) atoms. The summed E-state index contributed by atoms with van der Waals surface area (Å²) in [5, 5.41) is 11.7. The van der Waals surface area contributed by atoms with Crippen molar-refractivity contribution in [1.29, 1.82) is 0 Å². The molecule has 0 aromatic rings. The summed E-state index contributed by atoms with van der Waals surface area (Å²) in [6.45, 7) is 10.0. The van der Waals surface area contributed by atoms with E-state index < -0.39 is 17.1 Å². The highest BCUT2D eigenvalue weighted by Gasteiger charge is 2.64. The summed E-state index contributed by atoms with van der Waals surface area (Å²) in [7, 11) is 0. The van der Waals surface area contributed by atoms with Crippen LogP contribution >= 0.6 is 0 Å². The molecule has 0 saturated heterocycles. The van der Waals surface area contributed by atoms with Gasteiger partial charge in [-0.15, -0.1) is 0 Å². The first-order valence-electron chi connectivity index (χ1n) is 9.76. The van der Waals surface area contributed by atoms with Gasteiger partial charge in [0.05, 0.1) is 5.60 Å². The lowest BCUT2D eigenvalue weighted by Gasteiger charge is -2.60. The lowest BCUT2D eigenvalue weighted by molar-refractivity contribution is -0.155. The summed E-state index contributed by atoms with van der Waals surface area (Å²) >= 11 is 0. The number of ether oxygens (including phenoxy) is 1. The molecule has 1 amide bonds. The number of rotatable bonds is 3. The molecule has 0 aliphatic heterocycles. The lowest BCUT2D eigenvalue weighted by Crippen LogP contribution is -2.63. The molecular formula is C22H31NO4. The van der Waals surface area contributed by atoms with E-state index in [0.717, 1.165) is 12.0 Å². The van der Waals surface area contributed by atoms with Gasteiger partial charge in [0.1, 0.15) is 6.61 Å². The molecule has 148 valence electrons. The fraction of sp³-hybridized carbons (Fsp3) is 0.636. The quantitative estimate of drug-likeness (QED) is 0.741. The van der Waals surface area contributed by atoms with E-state index in [1.807, 2.05) is 26.8 Å². The molecule has 3 aliphatic carbocycles. The van der Waals surface area contributed by atoms with Crippen LogP contribution in [-0.4, -0.2) is 29.2 Å². The van der Waals surface area contributed by atoms with Crippen molar-refractivity contribution in [3.63, 3.8) is 0 Å². The highest BCUT2D eigenvalue weighted by Crippen LogP contribution is 2.62. The van der Waals surface area contributed by atoms with Crippen LogP contribution in [0, 0.1) is 29.1 Å². The van der Waals surface area contributed by atoms with Crippen LogP contribution in [0.3, 0.4) is 0 Å². The molecule has 5 nitrogen and oxygen atoms in total. The van der Waals surface area contributed by atoms with Crippen LogP contribution in [0.1, 0.15) is 47.5 Å². The van der Waals surface area contributed by atoms with E-state index in [9.17, 15) is 14.7 Å². The van der Waals surface area contributed by atoms with Gasteiger partial charge in [-0.2, -0.15) is 0 Å². The monoisotopic (exact) mass is 373 g/mol. The van der Waals surface area contributed by atoms with Crippen LogP contribution in [-0.2, 0) is 9.53 Å². The maximum Gasteiger partial charge on any atom is 0.404 e. The fourth-order valence-corrected chi connectivity index (χ4v) is 6.34. The largest absolute Gasteiger partial charge is 0.445 e. The van der Waals surface area contributed by atoms with Gasteiger partial charge in [0.2, 0.25) is 0 Å². The van der Waals surface area contributed by atoms with Gasteiger partial charge in [0.25, 0.3) is 0 Å². The van der Waals surface area contributed by atoms with Crippen LogP contribution in [0.15, 0.2) is 34.9 Å². The second kappa shape index (κ2) is 6.62. The average molecular weight is 373 g/mol. The topological polar surface area (TPSA) is 89.6 Å². The van der Waals surface area contributed by atoms with Gasteiger partial charge in [-0.05, 0) is 51.5 Å². The number of ketones is 1. The van der Waals surface area contributed by atoms with Crippen molar-refractivity contribution in [2.75, 3.05) is 6.61 Å². The van der Waals surface area contributed by atoms with Gasteiger partial charge in [0, 0.05) is 22.8 Å². The number of Topliss-reactive ketones (excluding diaryl/α,β-unsaturated/α-hetero) is 1. The van der Waals surface area contributed by atoms with Gasteiger partial charge in [-0.3, -0.25) is 4.79 Å². The van der Waals surface area contributed by atoms with Crippen molar-refractivity contribution < 1.29 is 19.4 Å². The van der Waals surface area contributed by atoms with E-state index in [2.05, 4.69) is 19.9 Å². The maximum atomic E-state index is 13.7. The van der Waals surface area contributed by atoms with Crippen LogP contribution in [0.5, 0.6) is 0 Å². The van der Waals surface area contributed by atoms with Gasteiger partial charge in [-0.1, -0.05) is 37.1 Å². The minimum absolute atomic E-state index is 0.0448. The number of primary amides is 1.